The maximum atomic E-state index is 8.88. The van der Waals surface area contributed by atoms with Crippen molar-refractivity contribution >= 4 is 0 Å². The molecule has 0 saturated heterocycles. The fourth-order valence-corrected chi connectivity index (χ4v) is 2.04. The van der Waals surface area contributed by atoms with Crippen LogP contribution in [0, 0.1) is 13.8 Å². The van der Waals surface area contributed by atoms with E-state index >= 15 is 0 Å². The van der Waals surface area contributed by atoms with E-state index in [1.807, 2.05) is 0 Å². The molecule has 1 aromatic carbocycles. The molecule has 0 aliphatic heterocycles. The Morgan fingerprint density at radius 1 is 1.25 bits per heavy atom. The first-order chi connectivity index (χ1) is 7.56. The second-order valence-corrected chi connectivity index (χ2v) is 4.59. The highest BCUT2D eigenvalue weighted by Gasteiger charge is 2.11. The molecule has 1 rings (SSSR count). The van der Waals surface area contributed by atoms with Crippen LogP contribution >= 0.6 is 0 Å². The van der Waals surface area contributed by atoms with Crippen LogP contribution in [0.4, 0.5) is 0 Å². The molecule has 2 N–H and O–H groups in total. The Morgan fingerprint density at radius 3 is 2.56 bits per heavy atom. The van der Waals surface area contributed by atoms with Crippen LogP contribution in [0.3, 0.4) is 0 Å². The van der Waals surface area contributed by atoms with Crippen molar-refractivity contribution < 1.29 is 5.11 Å². The third kappa shape index (κ3) is 3.32. The Hall–Kier alpha value is -0.860. The molecule has 0 aromatic heterocycles. The van der Waals surface area contributed by atoms with Gasteiger partial charge in [-0.15, -0.1) is 0 Å². The maximum Gasteiger partial charge on any atom is 0.0445 e. The van der Waals surface area contributed by atoms with Crippen molar-refractivity contribution in [2.75, 3.05) is 6.61 Å². The Labute approximate surface area is 98.7 Å². The van der Waals surface area contributed by atoms with Gasteiger partial charge in [-0.1, -0.05) is 18.2 Å². The monoisotopic (exact) mass is 221 g/mol. The summed E-state index contributed by atoms with van der Waals surface area (Å²) in [7, 11) is 0. The zero-order chi connectivity index (χ0) is 12.1. The minimum absolute atomic E-state index is 0.244. The van der Waals surface area contributed by atoms with Gasteiger partial charge in [-0.3, -0.25) is 0 Å². The van der Waals surface area contributed by atoms with Gasteiger partial charge in [-0.05, 0) is 50.8 Å². The number of benzene rings is 1. The van der Waals surface area contributed by atoms with Gasteiger partial charge in [-0.25, -0.2) is 0 Å². The number of hydrogen-bond donors (Lipinski definition) is 2. The lowest BCUT2D eigenvalue weighted by Gasteiger charge is -2.22. The highest BCUT2D eigenvalue weighted by atomic mass is 16.3. The number of aliphatic hydroxyl groups excluding tert-OH is 1. The summed E-state index contributed by atoms with van der Waals surface area (Å²) in [5.41, 5.74) is 4.05. The Bertz CT molecular complexity index is 336. The van der Waals surface area contributed by atoms with Crippen LogP contribution < -0.4 is 5.32 Å². The van der Waals surface area contributed by atoms with Crippen LogP contribution in [0.2, 0.25) is 0 Å². The van der Waals surface area contributed by atoms with Gasteiger partial charge >= 0.3 is 0 Å². The summed E-state index contributed by atoms with van der Waals surface area (Å²) in [6.07, 6.45) is 0.801. The zero-order valence-corrected chi connectivity index (χ0v) is 10.7. The SMILES string of the molecule is Cc1cccc(C(C)N[C@H](C)CCO)c1C. The standard InChI is InChI=1S/C14H23NO/c1-10-6-5-7-14(12(10)3)13(4)15-11(2)8-9-16/h5-7,11,13,15-16H,8-9H2,1-4H3/t11-,13?/m1/s1. The second kappa shape index (κ2) is 6.02. The van der Waals surface area contributed by atoms with Crippen molar-refractivity contribution in [2.45, 2.75) is 46.2 Å². The Kier molecular flexibility index (Phi) is 4.97. The largest absolute Gasteiger partial charge is 0.396 e. The van der Waals surface area contributed by atoms with E-state index in [2.05, 4.69) is 51.2 Å². The van der Waals surface area contributed by atoms with Crippen LogP contribution in [0.15, 0.2) is 18.2 Å². The minimum Gasteiger partial charge on any atom is -0.396 e. The molecule has 2 heteroatoms. The molecule has 0 amide bonds. The normalized spacial score (nSPS) is 14.8. The molecule has 90 valence electrons. The number of aryl methyl sites for hydroxylation is 1. The van der Waals surface area contributed by atoms with Gasteiger partial charge in [0.2, 0.25) is 0 Å². The summed E-state index contributed by atoms with van der Waals surface area (Å²) in [6.45, 7) is 8.84. The first-order valence-corrected chi connectivity index (χ1v) is 5.99. The number of hydrogen-bond acceptors (Lipinski definition) is 2. The van der Waals surface area contributed by atoms with Crippen molar-refractivity contribution in [1.29, 1.82) is 0 Å². The molecular formula is C14H23NO. The van der Waals surface area contributed by atoms with E-state index < -0.39 is 0 Å². The van der Waals surface area contributed by atoms with Gasteiger partial charge < -0.3 is 10.4 Å². The lowest BCUT2D eigenvalue weighted by molar-refractivity contribution is 0.264. The van der Waals surface area contributed by atoms with Crippen molar-refractivity contribution in [3.63, 3.8) is 0 Å². The summed E-state index contributed by atoms with van der Waals surface area (Å²) in [4.78, 5) is 0. The molecule has 16 heavy (non-hydrogen) atoms. The van der Waals surface area contributed by atoms with Crippen LogP contribution in [0.1, 0.15) is 43.0 Å². The topological polar surface area (TPSA) is 32.3 Å². The highest BCUT2D eigenvalue weighted by Crippen LogP contribution is 2.20. The zero-order valence-electron chi connectivity index (χ0n) is 10.7. The van der Waals surface area contributed by atoms with E-state index in [0.717, 1.165) is 6.42 Å². The lowest BCUT2D eigenvalue weighted by Crippen LogP contribution is -2.30. The van der Waals surface area contributed by atoms with E-state index in [4.69, 9.17) is 5.11 Å². The molecule has 0 spiro atoms. The first-order valence-electron chi connectivity index (χ1n) is 5.99. The number of rotatable bonds is 5. The molecule has 0 aliphatic rings. The van der Waals surface area contributed by atoms with E-state index in [-0.39, 0.29) is 6.61 Å². The molecule has 0 saturated carbocycles. The predicted molar refractivity (Wildman–Crippen MR) is 68.6 cm³/mol. The average molecular weight is 221 g/mol. The molecule has 1 unspecified atom stereocenters. The third-order valence-corrected chi connectivity index (χ3v) is 3.21. The molecule has 2 atom stereocenters. The van der Waals surface area contributed by atoms with Crippen LogP contribution in [0.25, 0.3) is 0 Å². The molecular weight excluding hydrogens is 198 g/mol. The predicted octanol–water partition coefficient (Wildman–Crippen LogP) is 2.72. The smallest absolute Gasteiger partial charge is 0.0445 e. The van der Waals surface area contributed by atoms with Gasteiger partial charge in [-0.2, -0.15) is 0 Å². The molecule has 0 bridgehead atoms. The summed E-state index contributed by atoms with van der Waals surface area (Å²) in [5.74, 6) is 0. The van der Waals surface area contributed by atoms with Gasteiger partial charge in [0.15, 0.2) is 0 Å². The third-order valence-electron chi connectivity index (χ3n) is 3.21. The van der Waals surface area contributed by atoms with Crippen molar-refractivity contribution in [3.8, 4) is 0 Å². The first kappa shape index (κ1) is 13.2. The average Bonchev–Trinajstić information content (AvgIpc) is 2.22. The van der Waals surface area contributed by atoms with E-state index in [0.29, 0.717) is 12.1 Å². The summed E-state index contributed by atoms with van der Waals surface area (Å²) < 4.78 is 0. The Morgan fingerprint density at radius 2 is 1.94 bits per heavy atom. The van der Waals surface area contributed by atoms with Crippen LogP contribution in [0.5, 0.6) is 0 Å². The molecule has 0 heterocycles. The Balaban J connectivity index is 2.72. The van der Waals surface area contributed by atoms with E-state index in [1.165, 1.54) is 16.7 Å². The molecule has 0 radical (unpaired) electrons. The number of nitrogens with one attached hydrogen (secondary N) is 1. The summed E-state index contributed by atoms with van der Waals surface area (Å²) in [5, 5.41) is 12.4. The quantitative estimate of drug-likeness (QED) is 0.801. The fourth-order valence-electron chi connectivity index (χ4n) is 2.04. The maximum absolute atomic E-state index is 8.88. The molecule has 0 aliphatic carbocycles. The fraction of sp³-hybridized carbons (Fsp3) is 0.571. The summed E-state index contributed by atoms with van der Waals surface area (Å²) in [6, 6.07) is 7.10. The second-order valence-electron chi connectivity index (χ2n) is 4.59. The number of aliphatic hydroxyl groups is 1. The summed E-state index contributed by atoms with van der Waals surface area (Å²) >= 11 is 0. The van der Waals surface area contributed by atoms with Gasteiger partial charge in [0.05, 0.1) is 0 Å². The van der Waals surface area contributed by atoms with Gasteiger partial charge in [0, 0.05) is 18.7 Å². The minimum atomic E-state index is 0.244. The molecule has 2 nitrogen and oxygen atoms in total. The molecule has 1 aromatic rings. The van der Waals surface area contributed by atoms with E-state index in [1.54, 1.807) is 0 Å². The molecule has 0 fully saturated rings. The lowest BCUT2D eigenvalue weighted by atomic mass is 9.98. The van der Waals surface area contributed by atoms with Crippen LogP contribution in [-0.4, -0.2) is 17.8 Å². The van der Waals surface area contributed by atoms with Crippen molar-refractivity contribution in [2.24, 2.45) is 0 Å². The van der Waals surface area contributed by atoms with Gasteiger partial charge in [0.25, 0.3) is 0 Å². The van der Waals surface area contributed by atoms with Crippen LogP contribution in [-0.2, 0) is 0 Å². The van der Waals surface area contributed by atoms with Crippen molar-refractivity contribution in [3.05, 3.63) is 34.9 Å². The van der Waals surface area contributed by atoms with Crippen molar-refractivity contribution in [1.82, 2.24) is 5.32 Å². The van der Waals surface area contributed by atoms with Gasteiger partial charge in [0.1, 0.15) is 0 Å². The van der Waals surface area contributed by atoms with E-state index in [9.17, 15) is 0 Å². The highest BCUT2D eigenvalue weighted by molar-refractivity contribution is 5.35.